The number of carbonyl (C=O) groups excluding carboxylic acids is 3. The predicted molar refractivity (Wildman–Crippen MR) is 129 cm³/mol. The SMILES string of the molecule is CCOC(=O)CNC(=O)COc1cc(C(=N)N)ccc1CNC(=O)c1cc(Cl)cc(OC)c1.Cl. The molecule has 12 heteroatoms. The van der Waals surface area contributed by atoms with E-state index in [2.05, 4.69) is 10.6 Å². The van der Waals surface area contributed by atoms with Crippen molar-refractivity contribution in [1.29, 1.82) is 5.41 Å². The van der Waals surface area contributed by atoms with E-state index in [0.717, 1.165) is 0 Å². The summed E-state index contributed by atoms with van der Waals surface area (Å²) in [4.78, 5) is 35.9. The molecule has 0 unspecified atom stereocenters. The first-order chi connectivity index (χ1) is 15.7. The van der Waals surface area contributed by atoms with Gasteiger partial charge in [0, 0.05) is 28.3 Å². The van der Waals surface area contributed by atoms with Crippen molar-refractivity contribution in [1.82, 2.24) is 10.6 Å². The number of esters is 1. The van der Waals surface area contributed by atoms with Crippen LogP contribution < -0.4 is 25.8 Å². The van der Waals surface area contributed by atoms with Gasteiger partial charge in [0.05, 0.1) is 13.7 Å². The Hall–Kier alpha value is -3.50. The third kappa shape index (κ3) is 8.80. The van der Waals surface area contributed by atoms with E-state index in [1.807, 2.05) is 0 Å². The van der Waals surface area contributed by atoms with Gasteiger partial charge < -0.3 is 30.6 Å². The maximum absolute atomic E-state index is 12.6. The third-order valence-corrected chi connectivity index (χ3v) is 4.50. The van der Waals surface area contributed by atoms with Crippen LogP contribution in [0.3, 0.4) is 0 Å². The van der Waals surface area contributed by atoms with Gasteiger partial charge in [-0.05, 0) is 31.2 Å². The van der Waals surface area contributed by atoms with Crippen LogP contribution in [0.25, 0.3) is 0 Å². The lowest BCUT2D eigenvalue weighted by atomic mass is 10.1. The van der Waals surface area contributed by atoms with Crippen LogP contribution in [0.1, 0.15) is 28.4 Å². The van der Waals surface area contributed by atoms with Crippen molar-refractivity contribution in [3.63, 3.8) is 0 Å². The number of halogens is 2. The van der Waals surface area contributed by atoms with Crippen molar-refractivity contribution in [2.75, 3.05) is 26.9 Å². The number of nitrogens with one attached hydrogen (secondary N) is 3. The van der Waals surface area contributed by atoms with Crippen molar-refractivity contribution in [3.8, 4) is 11.5 Å². The molecule has 0 aliphatic carbocycles. The number of nitrogens with two attached hydrogens (primary N) is 1. The molecule has 0 saturated carbocycles. The number of amidine groups is 1. The number of ether oxygens (including phenoxy) is 3. The molecule has 10 nitrogen and oxygen atoms in total. The van der Waals surface area contributed by atoms with Crippen LogP contribution in [0.4, 0.5) is 0 Å². The van der Waals surface area contributed by atoms with Crippen molar-refractivity contribution in [2.24, 2.45) is 5.73 Å². The van der Waals surface area contributed by atoms with Gasteiger partial charge in [-0.2, -0.15) is 0 Å². The zero-order chi connectivity index (χ0) is 24.4. The Morgan fingerprint density at radius 2 is 1.82 bits per heavy atom. The molecule has 0 saturated heterocycles. The minimum absolute atomic E-state index is 0. The Balaban J connectivity index is 0.00000578. The number of carbonyl (C=O) groups is 3. The fraction of sp³-hybridized carbons (Fsp3) is 0.273. The fourth-order valence-electron chi connectivity index (χ4n) is 2.67. The van der Waals surface area contributed by atoms with Gasteiger partial charge in [0.15, 0.2) is 6.61 Å². The van der Waals surface area contributed by atoms with Gasteiger partial charge in [0.1, 0.15) is 23.9 Å². The monoisotopic (exact) mass is 512 g/mol. The van der Waals surface area contributed by atoms with Gasteiger partial charge in [0.2, 0.25) is 0 Å². The van der Waals surface area contributed by atoms with E-state index in [4.69, 9.17) is 37.0 Å². The lowest BCUT2D eigenvalue weighted by Crippen LogP contribution is -2.34. The summed E-state index contributed by atoms with van der Waals surface area (Å²) in [7, 11) is 1.47. The van der Waals surface area contributed by atoms with E-state index in [1.165, 1.54) is 19.2 Å². The maximum Gasteiger partial charge on any atom is 0.325 e. The second-order valence-corrected chi connectivity index (χ2v) is 7.11. The molecule has 0 atom stereocenters. The summed E-state index contributed by atoms with van der Waals surface area (Å²) in [5.41, 5.74) is 6.77. The molecule has 2 aromatic carbocycles. The van der Waals surface area contributed by atoms with E-state index in [1.54, 1.807) is 31.2 Å². The molecule has 184 valence electrons. The number of methoxy groups -OCH3 is 1. The molecule has 2 aromatic rings. The summed E-state index contributed by atoms with van der Waals surface area (Å²) in [5.74, 6) is -1.00. The summed E-state index contributed by atoms with van der Waals surface area (Å²) in [6, 6.07) is 9.35. The van der Waals surface area contributed by atoms with Gasteiger partial charge in [-0.3, -0.25) is 19.8 Å². The number of rotatable bonds is 11. The van der Waals surface area contributed by atoms with E-state index in [0.29, 0.717) is 27.5 Å². The molecular formula is C22H26Cl2N4O6. The molecule has 2 rings (SSSR count). The summed E-state index contributed by atoms with van der Waals surface area (Å²) in [6.07, 6.45) is 0. The number of nitrogen functional groups attached to an aromatic ring is 1. The topological polar surface area (TPSA) is 153 Å². The van der Waals surface area contributed by atoms with E-state index >= 15 is 0 Å². The minimum atomic E-state index is -0.564. The van der Waals surface area contributed by atoms with Gasteiger partial charge in [-0.15, -0.1) is 12.4 Å². The minimum Gasteiger partial charge on any atom is -0.497 e. The van der Waals surface area contributed by atoms with Crippen molar-refractivity contribution >= 4 is 47.6 Å². The van der Waals surface area contributed by atoms with Crippen molar-refractivity contribution < 1.29 is 28.6 Å². The molecule has 34 heavy (non-hydrogen) atoms. The largest absolute Gasteiger partial charge is 0.497 e. The van der Waals surface area contributed by atoms with Crippen LogP contribution in [0.2, 0.25) is 5.02 Å². The second-order valence-electron chi connectivity index (χ2n) is 6.67. The zero-order valence-corrected chi connectivity index (χ0v) is 20.2. The quantitative estimate of drug-likeness (QED) is 0.204. The molecule has 0 radical (unpaired) electrons. The molecule has 2 amide bonds. The Labute approximate surface area is 208 Å². The first-order valence-electron chi connectivity index (χ1n) is 9.88. The number of hydrogen-bond donors (Lipinski definition) is 4. The summed E-state index contributed by atoms with van der Waals surface area (Å²) >= 11 is 6.02. The van der Waals surface area contributed by atoms with Crippen LogP contribution in [0, 0.1) is 5.41 Å². The van der Waals surface area contributed by atoms with Crippen LogP contribution in [0.5, 0.6) is 11.5 Å². The third-order valence-electron chi connectivity index (χ3n) is 4.28. The lowest BCUT2D eigenvalue weighted by Gasteiger charge is -2.14. The highest BCUT2D eigenvalue weighted by atomic mass is 35.5. The van der Waals surface area contributed by atoms with E-state index < -0.39 is 24.4 Å². The molecule has 0 aliphatic rings. The zero-order valence-electron chi connectivity index (χ0n) is 18.6. The van der Waals surface area contributed by atoms with Gasteiger partial charge in [0.25, 0.3) is 11.8 Å². The Morgan fingerprint density at radius 1 is 1.09 bits per heavy atom. The average molecular weight is 513 g/mol. The highest BCUT2D eigenvalue weighted by Gasteiger charge is 2.14. The first-order valence-corrected chi connectivity index (χ1v) is 10.3. The average Bonchev–Trinajstić information content (AvgIpc) is 2.79. The summed E-state index contributed by atoms with van der Waals surface area (Å²) < 4.78 is 15.4. The lowest BCUT2D eigenvalue weighted by molar-refractivity contribution is -0.143. The summed E-state index contributed by atoms with van der Waals surface area (Å²) in [6.45, 7) is 1.25. The molecule has 5 N–H and O–H groups in total. The normalized spacial score (nSPS) is 9.85. The molecule has 0 fully saturated rings. The van der Waals surface area contributed by atoms with Crippen LogP contribution >= 0.6 is 24.0 Å². The van der Waals surface area contributed by atoms with Crippen molar-refractivity contribution in [3.05, 3.63) is 58.1 Å². The highest BCUT2D eigenvalue weighted by Crippen LogP contribution is 2.23. The van der Waals surface area contributed by atoms with Gasteiger partial charge in [-0.25, -0.2) is 0 Å². The molecule has 0 aliphatic heterocycles. The number of hydrogen-bond acceptors (Lipinski definition) is 7. The smallest absolute Gasteiger partial charge is 0.325 e. The van der Waals surface area contributed by atoms with E-state index in [-0.39, 0.29) is 43.7 Å². The maximum atomic E-state index is 12.6. The first kappa shape index (κ1) is 28.5. The van der Waals surface area contributed by atoms with Crippen molar-refractivity contribution in [2.45, 2.75) is 13.5 Å². The Morgan fingerprint density at radius 3 is 2.47 bits per heavy atom. The molecule has 0 spiro atoms. The summed E-state index contributed by atoms with van der Waals surface area (Å²) in [5, 5.41) is 13.1. The molecule has 0 aromatic heterocycles. The van der Waals surface area contributed by atoms with E-state index in [9.17, 15) is 14.4 Å². The van der Waals surface area contributed by atoms with Gasteiger partial charge in [-0.1, -0.05) is 23.7 Å². The Bertz CT molecular complexity index is 1050. The van der Waals surface area contributed by atoms with Gasteiger partial charge >= 0.3 is 5.97 Å². The number of benzene rings is 2. The van der Waals surface area contributed by atoms with Crippen LogP contribution in [0.15, 0.2) is 36.4 Å². The second kappa shape index (κ2) is 13.9. The predicted octanol–water partition coefficient (Wildman–Crippen LogP) is 2.04. The van der Waals surface area contributed by atoms with Crippen LogP contribution in [-0.2, 0) is 20.9 Å². The van der Waals surface area contributed by atoms with Crippen LogP contribution in [-0.4, -0.2) is 50.5 Å². The standard InChI is InChI=1S/C22H25ClN4O6.ClH/c1-3-32-20(29)11-26-19(28)12-33-18-8-13(21(24)25)4-5-14(18)10-27-22(30)15-6-16(23)9-17(7-15)31-2;/h4-9H,3,10-12H2,1-2H3,(H3,24,25)(H,26,28)(H,27,30);1H. The highest BCUT2D eigenvalue weighted by molar-refractivity contribution is 6.31. The Kier molecular flexibility index (Phi) is 11.7. The fourth-order valence-corrected chi connectivity index (χ4v) is 2.89. The molecule has 0 heterocycles. The number of amides is 2. The molecule has 0 bridgehead atoms. The molecular weight excluding hydrogens is 487 g/mol.